The van der Waals surface area contributed by atoms with Crippen LogP contribution in [0.4, 0.5) is 0 Å². The number of H-pyrrole nitrogens is 1. The fourth-order valence-electron chi connectivity index (χ4n) is 3.66. The lowest BCUT2D eigenvalue weighted by Crippen LogP contribution is -2.33. The van der Waals surface area contributed by atoms with Crippen molar-refractivity contribution in [2.45, 2.75) is 37.8 Å². The summed E-state index contributed by atoms with van der Waals surface area (Å²) >= 11 is 2.84. The molecule has 0 spiro atoms. The van der Waals surface area contributed by atoms with E-state index in [0.29, 0.717) is 16.3 Å². The largest absolute Gasteiger partial charge is 0.342 e. The van der Waals surface area contributed by atoms with Gasteiger partial charge in [-0.25, -0.2) is 4.98 Å². The molecule has 1 fully saturated rings. The molecule has 1 aliphatic heterocycles. The molecule has 0 bridgehead atoms. The summed E-state index contributed by atoms with van der Waals surface area (Å²) in [6, 6.07) is 9.93. The van der Waals surface area contributed by atoms with E-state index in [1.54, 1.807) is 0 Å². The maximum atomic E-state index is 12.8. The molecule has 2 aromatic heterocycles. The van der Waals surface area contributed by atoms with Crippen molar-refractivity contribution >= 4 is 39.2 Å². The highest BCUT2D eigenvalue weighted by molar-refractivity contribution is 7.99. The third-order valence-corrected chi connectivity index (χ3v) is 6.93. The monoisotopic (exact) mass is 413 g/mol. The molecule has 1 aliphatic rings. The number of nitrogens with one attached hydrogen (secondary N) is 1. The Morgan fingerprint density at radius 1 is 1.18 bits per heavy atom. The number of aromatic nitrogens is 2. The highest BCUT2D eigenvalue weighted by Gasteiger charge is 2.19. The Morgan fingerprint density at radius 3 is 2.61 bits per heavy atom. The predicted octanol–water partition coefficient (Wildman–Crippen LogP) is 4.45. The minimum atomic E-state index is -0.141. The minimum Gasteiger partial charge on any atom is -0.342 e. The Labute approximate surface area is 172 Å². The van der Waals surface area contributed by atoms with Crippen molar-refractivity contribution in [3.05, 3.63) is 45.6 Å². The van der Waals surface area contributed by atoms with Crippen LogP contribution in [0.25, 0.3) is 21.3 Å². The van der Waals surface area contributed by atoms with Gasteiger partial charge < -0.3 is 9.88 Å². The third-order valence-electron chi connectivity index (χ3n) is 5.07. The van der Waals surface area contributed by atoms with Crippen LogP contribution in [0.1, 0.15) is 30.6 Å². The summed E-state index contributed by atoms with van der Waals surface area (Å²) in [5, 5.41) is 1.15. The van der Waals surface area contributed by atoms with E-state index in [1.165, 1.54) is 35.9 Å². The summed E-state index contributed by atoms with van der Waals surface area (Å²) < 4.78 is 0. The highest BCUT2D eigenvalue weighted by atomic mass is 32.2. The van der Waals surface area contributed by atoms with Crippen LogP contribution in [0.5, 0.6) is 0 Å². The summed E-state index contributed by atoms with van der Waals surface area (Å²) in [6.07, 6.45) is 4.55. The fraction of sp³-hybridized carbons (Fsp3) is 0.381. The van der Waals surface area contributed by atoms with Crippen LogP contribution >= 0.6 is 23.1 Å². The number of nitrogens with zero attached hydrogens (tertiary/aromatic N) is 2. The van der Waals surface area contributed by atoms with E-state index < -0.39 is 0 Å². The first kappa shape index (κ1) is 19.2. The van der Waals surface area contributed by atoms with Crippen LogP contribution in [-0.4, -0.2) is 39.6 Å². The molecule has 0 saturated carbocycles. The van der Waals surface area contributed by atoms with E-state index in [-0.39, 0.29) is 11.5 Å². The molecule has 0 radical (unpaired) electrons. The van der Waals surface area contributed by atoms with Crippen molar-refractivity contribution in [1.29, 1.82) is 0 Å². The number of carbonyl (C=O) groups is 1. The Hall–Kier alpha value is -2.12. The first-order valence-electron chi connectivity index (χ1n) is 9.63. The second-order valence-electron chi connectivity index (χ2n) is 7.03. The molecule has 146 valence electrons. The number of thioether (sulfide) groups is 1. The van der Waals surface area contributed by atoms with Crippen LogP contribution in [0.2, 0.25) is 0 Å². The average Bonchev–Trinajstić information content (AvgIpc) is 2.86. The topological polar surface area (TPSA) is 66.1 Å². The number of aromatic amines is 1. The van der Waals surface area contributed by atoms with Crippen molar-refractivity contribution in [3.63, 3.8) is 0 Å². The molecule has 0 aliphatic carbocycles. The molecule has 28 heavy (non-hydrogen) atoms. The Morgan fingerprint density at radius 2 is 1.89 bits per heavy atom. The van der Waals surface area contributed by atoms with Crippen LogP contribution in [-0.2, 0) is 4.79 Å². The van der Waals surface area contributed by atoms with E-state index in [4.69, 9.17) is 0 Å². The van der Waals surface area contributed by atoms with Crippen LogP contribution < -0.4 is 5.56 Å². The maximum Gasteiger partial charge on any atom is 0.260 e. The van der Waals surface area contributed by atoms with Gasteiger partial charge in [0.1, 0.15) is 4.83 Å². The number of amides is 1. The number of hydrogen-bond acceptors (Lipinski definition) is 5. The van der Waals surface area contributed by atoms with Crippen molar-refractivity contribution in [1.82, 2.24) is 14.9 Å². The van der Waals surface area contributed by atoms with Crippen molar-refractivity contribution in [3.8, 4) is 11.1 Å². The number of carbonyl (C=O) groups excluding carboxylic acids is 1. The van der Waals surface area contributed by atoms with E-state index >= 15 is 0 Å². The first-order valence-corrected chi connectivity index (χ1v) is 11.4. The molecule has 3 aromatic rings. The zero-order valence-corrected chi connectivity index (χ0v) is 17.5. The number of likely N-dealkylation sites (tertiary alicyclic amines) is 1. The molecule has 5 nitrogen and oxygen atoms in total. The first-order chi connectivity index (χ1) is 13.6. The lowest BCUT2D eigenvalue weighted by molar-refractivity contribution is -0.128. The Bertz CT molecular complexity index is 1030. The second kappa shape index (κ2) is 8.49. The van der Waals surface area contributed by atoms with E-state index in [1.807, 2.05) is 42.2 Å². The summed E-state index contributed by atoms with van der Waals surface area (Å²) in [6.45, 7) is 3.70. The molecule has 0 unspecified atom stereocenters. The second-order valence-corrected chi connectivity index (χ2v) is 9.20. The van der Waals surface area contributed by atoms with Crippen LogP contribution in [0.3, 0.4) is 0 Å². The van der Waals surface area contributed by atoms with Gasteiger partial charge in [-0.2, -0.15) is 0 Å². The van der Waals surface area contributed by atoms with Gasteiger partial charge in [-0.15, -0.1) is 11.3 Å². The fourth-order valence-corrected chi connectivity index (χ4v) is 5.53. The Balaban J connectivity index is 1.57. The molecule has 1 aromatic carbocycles. The van der Waals surface area contributed by atoms with Gasteiger partial charge in [-0.1, -0.05) is 54.9 Å². The summed E-state index contributed by atoms with van der Waals surface area (Å²) in [5.41, 5.74) is 1.83. The predicted molar refractivity (Wildman–Crippen MR) is 116 cm³/mol. The molecular formula is C21H23N3O2S2. The molecule has 7 heteroatoms. The summed E-state index contributed by atoms with van der Waals surface area (Å²) in [4.78, 5) is 36.6. The normalized spacial score (nSPS) is 15.0. The van der Waals surface area contributed by atoms with Gasteiger partial charge in [0.25, 0.3) is 5.56 Å². The van der Waals surface area contributed by atoms with Crippen molar-refractivity contribution in [2.24, 2.45) is 0 Å². The SMILES string of the molecule is Cc1sc2nc(SCC(=O)N3CCCCCC3)[nH]c(=O)c2c1-c1ccccc1. The number of rotatable bonds is 4. The highest BCUT2D eigenvalue weighted by Crippen LogP contribution is 2.35. The summed E-state index contributed by atoms with van der Waals surface area (Å²) in [7, 11) is 0. The van der Waals surface area contributed by atoms with Gasteiger partial charge in [0, 0.05) is 23.5 Å². The zero-order chi connectivity index (χ0) is 19.5. The van der Waals surface area contributed by atoms with Crippen LogP contribution in [0, 0.1) is 6.92 Å². The van der Waals surface area contributed by atoms with Gasteiger partial charge in [0.15, 0.2) is 5.16 Å². The van der Waals surface area contributed by atoms with Crippen LogP contribution in [0.15, 0.2) is 40.3 Å². The van der Waals surface area contributed by atoms with Gasteiger partial charge in [0.2, 0.25) is 5.91 Å². The molecule has 4 rings (SSSR count). The van der Waals surface area contributed by atoms with E-state index in [2.05, 4.69) is 9.97 Å². The smallest absolute Gasteiger partial charge is 0.260 e. The molecular weight excluding hydrogens is 390 g/mol. The number of aryl methyl sites for hydroxylation is 1. The van der Waals surface area contributed by atoms with E-state index in [0.717, 1.165) is 46.8 Å². The average molecular weight is 414 g/mol. The minimum absolute atomic E-state index is 0.127. The number of benzene rings is 1. The molecule has 1 N–H and O–H groups in total. The van der Waals surface area contributed by atoms with Gasteiger partial charge in [0.05, 0.1) is 11.1 Å². The number of fused-ring (bicyclic) bond motifs is 1. The maximum absolute atomic E-state index is 12.8. The summed E-state index contributed by atoms with van der Waals surface area (Å²) in [5.74, 6) is 0.437. The molecule has 1 amide bonds. The number of thiophene rings is 1. The quantitative estimate of drug-likeness (QED) is 0.507. The number of hydrogen-bond donors (Lipinski definition) is 1. The molecule has 0 atom stereocenters. The van der Waals surface area contributed by atoms with Gasteiger partial charge >= 0.3 is 0 Å². The third kappa shape index (κ3) is 4.00. The lowest BCUT2D eigenvalue weighted by atomic mass is 10.0. The molecule has 1 saturated heterocycles. The van der Waals surface area contributed by atoms with Gasteiger partial charge in [-0.3, -0.25) is 9.59 Å². The van der Waals surface area contributed by atoms with Gasteiger partial charge in [-0.05, 0) is 25.3 Å². The van der Waals surface area contributed by atoms with Crippen molar-refractivity contribution < 1.29 is 4.79 Å². The van der Waals surface area contributed by atoms with Crippen molar-refractivity contribution in [2.75, 3.05) is 18.8 Å². The molecule has 3 heterocycles. The Kier molecular flexibility index (Phi) is 5.82. The lowest BCUT2D eigenvalue weighted by Gasteiger charge is -2.19. The zero-order valence-electron chi connectivity index (χ0n) is 15.9. The van der Waals surface area contributed by atoms with E-state index in [9.17, 15) is 9.59 Å². The standard InChI is InChI=1S/C21H23N3O2S2/c1-14-17(15-9-5-4-6-10-15)18-19(26)22-21(23-20(18)28-14)27-13-16(25)24-11-7-2-3-8-12-24/h4-6,9-10H,2-3,7-8,11-13H2,1H3,(H,22,23,26).